The molecule has 0 aromatic carbocycles. The van der Waals surface area contributed by atoms with Gasteiger partial charge in [-0.05, 0) is 0 Å². The van der Waals surface area contributed by atoms with Crippen LogP contribution in [0.4, 0.5) is 0 Å². The van der Waals surface area contributed by atoms with Crippen LogP contribution in [0.5, 0.6) is 0 Å². The summed E-state index contributed by atoms with van der Waals surface area (Å²) >= 11 is -0.565. The van der Waals surface area contributed by atoms with Crippen LogP contribution in [0.3, 0.4) is 0 Å². The fraction of sp³-hybridized carbons (Fsp3) is 1.00. The molecule has 0 aliphatic carbocycles. The first kappa shape index (κ1) is 49.0. The monoisotopic (exact) mass is 885 g/mol. The molecule has 8 nitrogen and oxygen atoms in total. The Morgan fingerprint density at radius 3 is 0.712 bits per heavy atom. The molecule has 52 heavy (non-hydrogen) atoms. The molecular formula is C40H88Ge2N8Si2. The molecule has 2 fully saturated rings. The van der Waals surface area contributed by atoms with E-state index in [1.807, 2.05) is 0 Å². The first-order chi connectivity index (χ1) is 22.9. The molecule has 0 saturated carbocycles. The Labute approximate surface area is 340 Å². The summed E-state index contributed by atoms with van der Waals surface area (Å²) < 4.78 is 23.3. The molecule has 0 amide bonds. The van der Waals surface area contributed by atoms with E-state index in [0.717, 1.165) is 26.2 Å². The molecule has 0 unspecified atom stereocenters. The Balaban J connectivity index is 2.47. The summed E-state index contributed by atoms with van der Waals surface area (Å²) in [5.41, 5.74) is 1.17. The Hall–Kier alpha value is 0.879. The second kappa shape index (κ2) is 17.0. The third-order valence-corrected chi connectivity index (χ3v) is 30.8. The molecule has 0 bridgehead atoms. The fourth-order valence-corrected chi connectivity index (χ4v) is 29.7. The van der Waals surface area contributed by atoms with Crippen molar-refractivity contribution in [3.8, 4) is 0 Å². The van der Waals surface area contributed by atoms with Crippen molar-refractivity contribution >= 4 is 44.8 Å². The standard InChI is InChI=1S/C40H88Ge2N8Si2/c1-33(2,3)43(25-27-45(35(7,8)9)51-47(37(13,14)15)29-30-48(51)38(16,17)18)41-42-44(34(4,5)6)26-28-46(36(10,11)12)52-49(39(19,20)21)31-32-50(52)40(22,23)24/h25-32H2,1-24H3. The van der Waals surface area contributed by atoms with Gasteiger partial charge < -0.3 is 0 Å². The van der Waals surface area contributed by atoms with Crippen molar-refractivity contribution in [2.24, 2.45) is 0 Å². The average Bonchev–Trinajstić information content (AvgIpc) is 3.51. The van der Waals surface area contributed by atoms with Crippen molar-refractivity contribution in [1.82, 2.24) is 35.1 Å². The molecule has 0 aromatic heterocycles. The predicted molar refractivity (Wildman–Crippen MR) is 235 cm³/mol. The SMILES string of the molecule is CC(C)(C)[N](CCN([Si]1N(C(C)(C)C)CCN1C(C)(C)C)C(C)(C)C)[Ge]=[Ge][N](CCN([Si]1N(C(C)(C)C)CCN1C(C)(C)C)C(C)(C)C)C(C)(C)C. The zero-order chi connectivity index (χ0) is 40.8. The molecule has 2 aliphatic heterocycles. The zero-order valence-corrected chi connectivity index (χ0v) is 45.4. The van der Waals surface area contributed by atoms with Gasteiger partial charge in [-0.3, -0.25) is 0 Å². The van der Waals surface area contributed by atoms with E-state index in [-0.39, 0.29) is 70.6 Å². The molecule has 4 radical (unpaired) electrons. The zero-order valence-electron chi connectivity index (χ0n) is 39.2. The number of hydrogen-bond acceptors (Lipinski definition) is 8. The molecule has 0 aromatic rings. The predicted octanol–water partition coefficient (Wildman–Crippen LogP) is 6.94. The molecule has 2 saturated heterocycles. The van der Waals surface area contributed by atoms with E-state index in [1.54, 1.807) is 0 Å². The van der Waals surface area contributed by atoms with Crippen LogP contribution in [0.15, 0.2) is 0 Å². The molecule has 2 aliphatic rings. The van der Waals surface area contributed by atoms with E-state index in [4.69, 9.17) is 0 Å². The summed E-state index contributed by atoms with van der Waals surface area (Å²) in [4.78, 5) is 0. The third-order valence-electron chi connectivity index (χ3n) is 10.4. The fourth-order valence-electron chi connectivity index (χ4n) is 7.33. The molecule has 2 rings (SSSR count). The van der Waals surface area contributed by atoms with Gasteiger partial charge in [0, 0.05) is 0 Å². The minimum absolute atomic E-state index is 0.101. The van der Waals surface area contributed by atoms with Gasteiger partial charge in [-0.15, -0.1) is 0 Å². The summed E-state index contributed by atoms with van der Waals surface area (Å²) in [7, 11) is -2.17. The van der Waals surface area contributed by atoms with Crippen LogP contribution in [0.2, 0.25) is 0 Å². The number of hydrogen-bond donors (Lipinski definition) is 0. The van der Waals surface area contributed by atoms with Crippen molar-refractivity contribution < 1.29 is 0 Å². The van der Waals surface area contributed by atoms with Gasteiger partial charge in [-0.1, -0.05) is 0 Å². The molecule has 0 N–H and O–H groups in total. The van der Waals surface area contributed by atoms with Crippen LogP contribution in [-0.2, 0) is 0 Å². The first-order valence-corrected chi connectivity index (χ1v) is 31.4. The van der Waals surface area contributed by atoms with Crippen molar-refractivity contribution in [3.05, 3.63) is 0 Å². The topological polar surface area (TPSA) is 25.9 Å². The van der Waals surface area contributed by atoms with Gasteiger partial charge in [0.15, 0.2) is 0 Å². The van der Waals surface area contributed by atoms with Gasteiger partial charge in [0.1, 0.15) is 0 Å². The van der Waals surface area contributed by atoms with Crippen LogP contribution in [-0.4, -0.2) is 177 Å². The van der Waals surface area contributed by atoms with Crippen molar-refractivity contribution in [1.29, 1.82) is 0 Å². The van der Waals surface area contributed by atoms with Crippen molar-refractivity contribution in [2.45, 2.75) is 210 Å². The Morgan fingerprint density at radius 2 is 0.558 bits per heavy atom. The van der Waals surface area contributed by atoms with E-state index in [2.05, 4.69) is 201 Å². The molecule has 304 valence electrons. The molecule has 2 heterocycles. The summed E-state index contributed by atoms with van der Waals surface area (Å²) in [6, 6.07) is 0. The van der Waals surface area contributed by atoms with Crippen LogP contribution < -0.4 is 0 Å². The quantitative estimate of drug-likeness (QED) is 0.218. The summed E-state index contributed by atoms with van der Waals surface area (Å²) in [6.07, 6.45) is 0. The van der Waals surface area contributed by atoms with Crippen molar-refractivity contribution in [3.63, 3.8) is 0 Å². The van der Waals surface area contributed by atoms with Crippen LogP contribution in [0.25, 0.3) is 0 Å². The van der Waals surface area contributed by atoms with Gasteiger partial charge >= 0.3 is 343 Å². The van der Waals surface area contributed by atoms with Gasteiger partial charge in [-0.25, -0.2) is 0 Å². The van der Waals surface area contributed by atoms with E-state index in [9.17, 15) is 0 Å². The second-order valence-corrected chi connectivity index (χ2v) is 35.9. The van der Waals surface area contributed by atoms with Gasteiger partial charge in [0.25, 0.3) is 0 Å². The van der Waals surface area contributed by atoms with Crippen LogP contribution >= 0.6 is 0 Å². The van der Waals surface area contributed by atoms with Gasteiger partial charge in [0.2, 0.25) is 0 Å². The maximum atomic E-state index is 2.97. The molecule has 0 atom stereocenters. The molecule has 12 heteroatoms. The van der Waals surface area contributed by atoms with E-state index in [0.29, 0.717) is 0 Å². The van der Waals surface area contributed by atoms with Gasteiger partial charge in [0.05, 0.1) is 0 Å². The summed E-state index contributed by atoms with van der Waals surface area (Å²) in [5.74, 6) is 0. The van der Waals surface area contributed by atoms with Crippen LogP contribution in [0, 0.1) is 0 Å². The van der Waals surface area contributed by atoms with E-state index in [1.165, 1.54) is 26.2 Å². The Morgan fingerprint density at radius 1 is 0.346 bits per heavy atom. The average molecular weight is 883 g/mol. The Bertz CT molecular complexity index is 1030. The first-order valence-electron chi connectivity index (χ1n) is 20.4. The van der Waals surface area contributed by atoms with E-state index >= 15 is 0 Å². The van der Waals surface area contributed by atoms with Crippen molar-refractivity contribution in [2.75, 3.05) is 52.4 Å². The number of rotatable bonds is 10. The normalized spacial score (nSPS) is 20.1. The summed E-state index contributed by atoms with van der Waals surface area (Å²) in [6.45, 7) is 68.1. The van der Waals surface area contributed by atoms with E-state index < -0.39 is 18.6 Å². The molecular weight excluding hydrogens is 794 g/mol. The maximum absolute atomic E-state index is 2.97. The van der Waals surface area contributed by atoms with Gasteiger partial charge in [-0.2, -0.15) is 0 Å². The minimum atomic E-state index is -1.09. The summed E-state index contributed by atoms with van der Waals surface area (Å²) in [5, 5.41) is 0. The second-order valence-electron chi connectivity index (χ2n) is 23.4. The van der Waals surface area contributed by atoms with Crippen LogP contribution in [0.1, 0.15) is 166 Å². The number of nitrogens with zero attached hydrogens (tertiary/aromatic N) is 8. The molecule has 0 spiro atoms. The Kier molecular flexibility index (Phi) is 16.0. The third kappa shape index (κ3) is 13.2.